The number of rotatable bonds is 6. The fourth-order valence-electron chi connectivity index (χ4n) is 1.06. The Labute approximate surface area is 147 Å². The van der Waals surface area contributed by atoms with Crippen LogP contribution in [0.25, 0.3) is 0 Å². The van der Waals surface area contributed by atoms with Crippen molar-refractivity contribution in [1.29, 1.82) is 0 Å². The normalized spacial score (nSPS) is 9.94. The summed E-state index contributed by atoms with van der Waals surface area (Å²) in [6.07, 6.45) is 0. The van der Waals surface area contributed by atoms with Crippen LogP contribution in [0.15, 0.2) is 35.5 Å². The number of hydrogen-bond donors (Lipinski definition) is 0. The van der Waals surface area contributed by atoms with Gasteiger partial charge in [-0.25, -0.2) is 4.79 Å². The second-order valence-electron chi connectivity index (χ2n) is 3.30. The molecule has 0 aliphatic rings. The van der Waals surface area contributed by atoms with Crippen molar-refractivity contribution in [3.8, 4) is 0 Å². The smallest absolute Gasteiger partial charge is 0.332 e. The fraction of sp³-hybridized carbons (Fsp3) is 0.250. The van der Waals surface area contributed by atoms with Gasteiger partial charge in [0.1, 0.15) is 13.2 Å². The van der Waals surface area contributed by atoms with Crippen molar-refractivity contribution in [3.63, 3.8) is 0 Å². The van der Waals surface area contributed by atoms with Crippen molar-refractivity contribution in [2.24, 2.45) is 0 Å². The quantitative estimate of drug-likeness (QED) is 0.372. The van der Waals surface area contributed by atoms with Crippen LogP contribution >= 0.6 is 67.8 Å². The zero-order valence-electron chi connectivity index (χ0n) is 9.37. The molecule has 0 heterocycles. The molecular weight excluding hydrogens is 573 g/mol. The van der Waals surface area contributed by atoms with Gasteiger partial charge in [0, 0.05) is 3.58 Å². The highest BCUT2D eigenvalue weighted by atomic mass is 127. The van der Waals surface area contributed by atoms with Crippen molar-refractivity contribution < 1.29 is 14.3 Å². The van der Waals surface area contributed by atoms with Crippen molar-refractivity contribution in [2.45, 2.75) is 6.61 Å². The van der Waals surface area contributed by atoms with Crippen LogP contribution in [0.3, 0.4) is 0 Å². The van der Waals surface area contributed by atoms with Gasteiger partial charge in [-0.2, -0.15) is 0 Å². The van der Waals surface area contributed by atoms with Crippen LogP contribution in [0.5, 0.6) is 0 Å². The van der Waals surface area contributed by atoms with Crippen molar-refractivity contribution in [2.75, 3.05) is 13.2 Å². The van der Waals surface area contributed by atoms with Gasteiger partial charge in [-0.15, -0.1) is 0 Å². The standard InChI is InChI=1S/C12H11I3O3/c13-10(12(14)15)7-17-8-11(16)18-6-9-4-2-1-3-5-9/h1-5H,6-8H2. The topological polar surface area (TPSA) is 35.5 Å². The molecule has 0 unspecified atom stereocenters. The predicted octanol–water partition coefficient (Wildman–Crippen LogP) is 4.22. The average Bonchev–Trinajstić information content (AvgIpc) is 2.37. The lowest BCUT2D eigenvalue weighted by atomic mass is 10.2. The first-order valence-electron chi connectivity index (χ1n) is 5.06. The number of esters is 1. The zero-order chi connectivity index (χ0) is 13.4. The molecular formula is C12H11I3O3. The first-order valence-corrected chi connectivity index (χ1v) is 8.30. The summed E-state index contributed by atoms with van der Waals surface area (Å²) in [4.78, 5) is 11.4. The average molecular weight is 584 g/mol. The minimum atomic E-state index is -0.341. The summed E-state index contributed by atoms with van der Waals surface area (Å²) >= 11 is 6.62. The molecule has 0 radical (unpaired) electrons. The molecule has 6 heteroatoms. The number of halogens is 3. The van der Waals surface area contributed by atoms with Gasteiger partial charge in [0.25, 0.3) is 0 Å². The molecule has 18 heavy (non-hydrogen) atoms. The second-order valence-corrected chi connectivity index (χ2v) is 8.83. The minimum absolute atomic E-state index is 0.0140. The number of ether oxygens (including phenoxy) is 2. The molecule has 0 fully saturated rings. The molecule has 0 atom stereocenters. The maximum atomic E-state index is 11.4. The second kappa shape index (κ2) is 9.48. The summed E-state index contributed by atoms with van der Waals surface area (Å²) in [5, 5.41) is 0. The highest BCUT2D eigenvalue weighted by Crippen LogP contribution is 2.25. The molecule has 98 valence electrons. The van der Waals surface area contributed by atoms with Crippen LogP contribution in [0.4, 0.5) is 0 Å². The molecule has 0 amide bonds. The summed E-state index contributed by atoms with van der Waals surface area (Å²) in [7, 11) is 0. The van der Waals surface area contributed by atoms with Crippen molar-refractivity contribution in [3.05, 3.63) is 41.1 Å². The van der Waals surface area contributed by atoms with E-state index in [1.807, 2.05) is 30.3 Å². The minimum Gasteiger partial charge on any atom is -0.459 e. The summed E-state index contributed by atoms with van der Waals surface area (Å²) in [6, 6.07) is 9.58. The molecule has 0 spiro atoms. The van der Waals surface area contributed by atoms with Crippen molar-refractivity contribution >= 4 is 73.7 Å². The molecule has 1 aromatic carbocycles. The number of benzene rings is 1. The highest BCUT2D eigenvalue weighted by molar-refractivity contribution is 14.2. The van der Waals surface area contributed by atoms with Gasteiger partial charge in [-0.3, -0.25) is 0 Å². The Morgan fingerprint density at radius 2 is 1.72 bits per heavy atom. The number of carbonyl (C=O) groups excluding carboxylic acids is 1. The fourth-order valence-corrected chi connectivity index (χ4v) is 1.59. The first-order chi connectivity index (χ1) is 8.59. The highest BCUT2D eigenvalue weighted by Gasteiger charge is 2.05. The number of carbonyl (C=O) groups is 1. The van der Waals surface area contributed by atoms with Crippen LogP contribution in [-0.2, 0) is 20.9 Å². The summed E-state index contributed by atoms with van der Waals surface area (Å²) < 4.78 is 12.6. The van der Waals surface area contributed by atoms with Gasteiger partial charge in [0.15, 0.2) is 0 Å². The molecule has 0 aromatic heterocycles. The van der Waals surface area contributed by atoms with E-state index in [0.717, 1.165) is 10.7 Å². The molecule has 0 bridgehead atoms. The van der Waals surface area contributed by atoms with Crippen LogP contribution in [0.1, 0.15) is 5.56 Å². The predicted molar refractivity (Wildman–Crippen MR) is 96.1 cm³/mol. The number of hydrogen-bond acceptors (Lipinski definition) is 3. The zero-order valence-corrected chi connectivity index (χ0v) is 15.8. The van der Waals surface area contributed by atoms with Gasteiger partial charge < -0.3 is 9.47 Å². The monoisotopic (exact) mass is 584 g/mol. The lowest BCUT2D eigenvalue weighted by Gasteiger charge is -2.06. The molecule has 0 saturated heterocycles. The van der Waals surface area contributed by atoms with E-state index in [4.69, 9.17) is 9.47 Å². The maximum absolute atomic E-state index is 11.4. The Kier molecular flexibility index (Phi) is 8.76. The SMILES string of the molecule is O=C(COCC(I)=C(I)I)OCc1ccccc1. The van der Waals surface area contributed by atoms with Crippen molar-refractivity contribution in [1.82, 2.24) is 0 Å². The third kappa shape index (κ3) is 7.24. The Morgan fingerprint density at radius 1 is 1.06 bits per heavy atom. The Morgan fingerprint density at radius 3 is 2.33 bits per heavy atom. The third-order valence-corrected chi connectivity index (χ3v) is 6.11. The van der Waals surface area contributed by atoms with Gasteiger partial charge in [-0.1, -0.05) is 30.3 Å². The molecule has 0 aliphatic carbocycles. The molecule has 0 aliphatic heterocycles. The van der Waals surface area contributed by atoms with Gasteiger partial charge >= 0.3 is 5.97 Å². The Balaban J connectivity index is 2.21. The van der Waals surface area contributed by atoms with Crippen LogP contribution in [0.2, 0.25) is 0 Å². The van der Waals surface area contributed by atoms with Gasteiger partial charge in [0.05, 0.1) is 8.19 Å². The molecule has 1 rings (SSSR count). The van der Waals surface area contributed by atoms with E-state index in [-0.39, 0.29) is 12.6 Å². The lowest BCUT2D eigenvalue weighted by Crippen LogP contribution is -2.13. The van der Waals surface area contributed by atoms with E-state index >= 15 is 0 Å². The van der Waals surface area contributed by atoms with E-state index < -0.39 is 0 Å². The van der Waals surface area contributed by atoms with E-state index in [0.29, 0.717) is 13.2 Å². The van der Waals surface area contributed by atoms with E-state index in [1.165, 1.54) is 0 Å². The summed E-state index contributed by atoms with van der Waals surface area (Å²) in [5.41, 5.74) is 0.974. The maximum Gasteiger partial charge on any atom is 0.332 e. The van der Waals surface area contributed by atoms with E-state index in [9.17, 15) is 4.79 Å². The largest absolute Gasteiger partial charge is 0.459 e. The summed E-state index contributed by atoms with van der Waals surface area (Å²) in [5.74, 6) is -0.341. The van der Waals surface area contributed by atoms with Gasteiger partial charge in [0.2, 0.25) is 0 Å². The van der Waals surface area contributed by atoms with Crippen LogP contribution < -0.4 is 0 Å². The lowest BCUT2D eigenvalue weighted by molar-refractivity contribution is -0.149. The molecule has 0 N–H and O–H groups in total. The summed E-state index contributed by atoms with van der Waals surface area (Å²) in [6.45, 7) is 0.724. The van der Waals surface area contributed by atoms with Crippen LogP contribution in [-0.4, -0.2) is 19.2 Å². The van der Waals surface area contributed by atoms with E-state index in [2.05, 4.69) is 67.8 Å². The first kappa shape index (κ1) is 16.6. The molecule has 3 nitrogen and oxygen atoms in total. The Bertz CT molecular complexity index is 414. The van der Waals surface area contributed by atoms with E-state index in [1.54, 1.807) is 0 Å². The Hall–Kier alpha value is 0.580. The molecule has 1 aromatic rings. The molecule has 0 saturated carbocycles. The van der Waals surface area contributed by atoms with Crippen LogP contribution in [0, 0.1) is 0 Å². The van der Waals surface area contributed by atoms with Gasteiger partial charge in [-0.05, 0) is 73.3 Å². The third-order valence-electron chi connectivity index (χ3n) is 1.90.